The SMILES string of the molecule is CC1(C)C(/C=C/C(=O)OCCF)C1C(=O)O. The van der Waals surface area contributed by atoms with E-state index in [1.807, 2.05) is 13.8 Å². The molecule has 1 saturated carbocycles. The number of rotatable bonds is 5. The molecule has 0 aromatic rings. The number of esters is 1. The van der Waals surface area contributed by atoms with E-state index >= 15 is 0 Å². The summed E-state index contributed by atoms with van der Waals surface area (Å²) in [6.07, 6.45) is 2.70. The molecule has 90 valence electrons. The monoisotopic (exact) mass is 230 g/mol. The fraction of sp³-hybridized carbons (Fsp3) is 0.636. The van der Waals surface area contributed by atoms with Gasteiger partial charge in [-0.1, -0.05) is 19.9 Å². The van der Waals surface area contributed by atoms with Gasteiger partial charge in [-0.3, -0.25) is 4.79 Å². The van der Waals surface area contributed by atoms with Gasteiger partial charge in [0.15, 0.2) is 0 Å². The van der Waals surface area contributed by atoms with Gasteiger partial charge in [-0.05, 0) is 11.3 Å². The summed E-state index contributed by atoms with van der Waals surface area (Å²) in [5.41, 5.74) is -0.331. The van der Waals surface area contributed by atoms with Crippen molar-refractivity contribution in [1.82, 2.24) is 0 Å². The average molecular weight is 230 g/mol. The highest BCUT2D eigenvalue weighted by molar-refractivity contribution is 5.83. The molecule has 0 saturated heterocycles. The van der Waals surface area contributed by atoms with Crippen LogP contribution in [0.5, 0.6) is 0 Å². The minimum Gasteiger partial charge on any atom is -0.481 e. The maximum absolute atomic E-state index is 11.7. The van der Waals surface area contributed by atoms with E-state index in [-0.39, 0.29) is 17.9 Å². The molecule has 2 unspecified atom stereocenters. The van der Waals surface area contributed by atoms with Crippen molar-refractivity contribution in [2.75, 3.05) is 13.3 Å². The predicted molar refractivity (Wildman–Crippen MR) is 54.5 cm³/mol. The zero-order chi connectivity index (χ0) is 12.3. The second-order valence-electron chi connectivity index (χ2n) is 4.38. The van der Waals surface area contributed by atoms with Gasteiger partial charge in [-0.15, -0.1) is 0 Å². The fourth-order valence-electron chi connectivity index (χ4n) is 1.88. The Balaban J connectivity index is 2.47. The van der Waals surface area contributed by atoms with Crippen LogP contribution < -0.4 is 0 Å². The number of hydrogen-bond donors (Lipinski definition) is 1. The van der Waals surface area contributed by atoms with Crippen LogP contribution in [0.4, 0.5) is 4.39 Å². The lowest BCUT2D eigenvalue weighted by molar-refractivity contribution is -0.140. The zero-order valence-electron chi connectivity index (χ0n) is 9.27. The van der Waals surface area contributed by atoms with Crippen LogP contribution in [0.2, 0.25) is 0 Å². The Kier molecular flexibility index (Phi) is 3.67. The van der Waals surface area contributed by atoms with E-state index in [4.69, 9.17) is 5.11 Å². The van der Waals surface area contributed by atoms with Gasteiger partial charge in [-0.25, -0.2) is 9.18 Å². The molecule has 0 radical (unpaired) electrons. The number of halogens is 1. The topological polar surface area (TPSA) is 63.6 Å². The van der Waals surface area contributed by atoms with Gasteiger partial charge in [0.25, 0.3) is 0 Å². The van der Waals surface area contributed by atoms with E-state index in [0.717, 1.165) is 0 Å². The van der Waals surface area contributed by atoms with Crippen LogP contribution in [-0.4, -0.2) is 30.3 Å². The Labute approximate surface area is 93.1 Å². The first-order valence-corrected chi connectivity index (χ1v) is 5.05. The van der Waals surface area contributed by atoms with Crippen LogP contribution in [0.25, 0.3) is 0 Å². The van der Waals surface area contributed by atoms with Crippen LogP contribution in [0.3, 0.4) is 0 Å². The quantitative estimate of drug-likeness (QED) is 0.573. The lowest BCUT2D eigenvalue weighted by Gasteiger charge is -1.97. The predicted octanol–water partition coefficient (Wildman–Crippen LogP) is 1.41. The van der Waals surface area contributed by atoms with Crippen molar-refractivity contribution in [1.29, 1.82) is 0 Å². The smallest absolute Gasteiger partial charge is 0.330 e. The second kappa shape index (κ2) is 4.63. The minimum absolute atomic E-state index is 0.164. The van der Waals surface area contributed by atoms with Crippen LogP contribution in [0.1, 0.15) is 13.8 Å². The first-order valence-electron chi connectivity index (χ1n) is 5.05. The van der Waals surface area contributed by atoms with Crippen molar-refractivity contribution in [2.24, 2.45) is 17.3 Å². The molecule has 1 aliphatic carbocycles. The lowest BCUT2D eigenvalue weighted by atomic mass is 10.1. The molecule has 0 amide bonds. The highest BCUT2D eigenvalue weighted by atomic mass is 19.1. The van der Waals surface area contributed by atoms with E-state index in [1.165, 1.54) is 12.2 Å². The summed E-state index contributed by atoms with van der Waals surface area (Å²) in [7, 11) is 0. The number of hydrogen-bond acceptors (Lipinski definition) is 3. The Morgan fingerprint density at radius 2 is 2.12 bits per heavy atom. The van der Waals surface area contributed by atoms with E-state index < -0.39 is 24.5 Å². The third-order valence-electron chi connectivity index (χ3n) is 2.94. The summed E-state index contributed by atoms with van der Waals surface area (Å²) in [5, 5.41) is 8.87. The van der Waals surface area contributed by atoms with Gasteiger partial charge in [0.2, 0.25) is 0 Å². The molecule has 2 atom stereocenters. The average Bonchev–Trinajstić information content (AvgIpc) is 2.74. The molecule has 1 N–H and O–H groups in total. The van der Waals surface area contributed by atoms with Gasteiger partial charge in [-0.2, -0.15) is 0 Å². The summed E-state index contributed by atoms with van der Waals surface area (Å²) < 4.78 is 16.2. The number of carbonyl (C=O) groups excluding carboxylic acids is 1. The Bertz CT molecular complexity index is 322. The number of ether oxygens (including phenoxy) is 1. The summed E-state index contributed by atoms with van der Waals surface area (Å²) in [6, 6.07) is 0. The van der Waals surface area contributed by atoms with E-state index in [1.54, 1.807) is 0 Å². The standard InChI is InChI=1S/C11H15FO4/c1-11(2)7(9(11)10(14)15)3-4-8(13)16-6-5-12/h3-4,7,9H,5-6H2,1-2H3,(H,14,15)/b4-3+. The third-order valence-corrected chi connectivity index (χ3v) is 2.94. The second-order valence-corrected chi connectivity index (χ2v) is 4.38. The van der Waals surface area contributed by atoms with E-state index in [9.17, 15) is 14.0 Å². The minimum atomic E-state index is -0.864. The number of carbonyl (C=O) groups is 2. The van der Waals surface area contributed by atoms with Crippen molar-refractivity contribution >= 4 is 11.9 Å². The highest BCUT2D eigenvalue weighted by Crippen LogP contribution is 2.58. The summed E-state index contributed by atoms with van der Waals surface area (Å²) in [6.45, 7) is 2.67. The van der Waals surface area contributed by atoms with Crippen molar-refractivity contribution < 1.29 is 23.8 Å². The highest BCUT2D eigenvalue weighted by Gasteiger charge is 2.60. The first-order chi connectivity index (χ1) is 7.41. The first kappa shape index (κ1) is 12.7. The summed E-state index contributed by atoms with van der Waals surface area (Å²) >= 11 is 0. The molecule has 0 bridgehead atoms. The van der Waals surface area contributed by atoms with Gasteiger partial charge >= 0.3 is 11.9 Å². The Morgan fingerprint density at radius 1 is 1.50 bits per heavy atom. The van der Waals surface area contributed by atoms with Gasteiger partial charge in [0.1, 0.15) is 13.3 Å². The summed E-state index contributed by atoms with van der Waals surface area (Å²) in [4.78, 5) is 21.8. The zero-order valence-corrected chi connectivity index (χ0v) is 9.27. The number of aliphatic carboxylic acids is 1. The molecule has 1 rings (SSSR count). The third kappa shape index (κ3) is 2.59. The Hall–Kier alpha value is -1.39. The number of allylic oxidation sites excluding steroid dienone is 1. The van der Waals surface area contributed by atoms with Crippen molar-refractivity contribution in [3.8, 4) is 0 Å². The molecule has 4 nitrogen and oxygen atoms in total. The lowest BCUT2D eigenvalue weighted by Crippen LogP contribution is -2.04. The number of carboxylic acid groups (broad SMARTS) is 1. The molecular weight excluding hydrogens is 215 g/mol. The number of alkyl halides is 1. The van der Waals surface area contributed by atoms with Crippen molar-refractivity contribution in [2.45, 2.75) is 13.8 Å². The van der Waals surface area contributed by atoms with Gasteiger partial charge in [0.05, 0.1) is 5.92 Å². The number of carboxylic acids is 1. The molecule has 0 aliphatic heterocycles. The normalized spacial score (nSPS) is 26.7. The van der Waals surface area contributed by atoms with Crippen LogP contribution in [-0.2, 0) is 14.3 Å². The van der Waals surface area contributed by atoms with Crippen LogP contribution in [0, 0.1) is 17.3 Å². The molecule has 0 heterocycles. The molecule has 0 spiro atoms. The molecule has 0 aromatic heterocycles. The van der Waals surface area contributed by atoms with Gasteiger partial charge in [0, 0.05) is 6.08 Å². The molecule has 1 fully saturated rings. The largest absolute Gasteiger partial charge is 0.481 e. The molecule has 0 aromatic carbocycles. The van der Waals surface area contributed by atoms with Crippen LogP contribution in [0.15, 0.2) is 12.2 Å². The molecular formula is C11H15FO4. The molecule has 1 aliphatic rings. The maximum Gasteiger partial charge on any atom is 0.330 e. The van der Waals surface area contributed by atoms with Crippen molar-refractivity contribution in [3.63, 3.8) is 0 Å². The molecule has 5 heteroatoms. The van der Waals surface area contributed by atoms with E-state index in [2.05, 4.69) is 4.74 Å². The van der Waals surface area contributed by atoms with Crippen molar-refractivity contribution in [3.05, 3.63) is 12.2 Å². The van der Waals surface area contributed by atoms with Gasteiger partial charge < -0.3 is 9.84 Å². The maximum atomic E-state index is 11.7. The van der Waals surface area contributed by atoms with E-state index in [0.29, 0.717) is 0 Å². The fourth-order valence-corrected chi connectivity index (χ4v) is 1.88. The summed E-state index contributed by atoms with van der Waals surface area (Å²) in [5.74, 6) is -2.12. The van der Waals surface area contributed by atoms with Crippen LogP contribution >= 0.6 is 0 Å². The molecule has 16 heavy (non-hydrogen) atoms. The Morgan fingerprint density at radius 3 is 2.56 bits per heavy atom.